The van der Waals surface area contributed by atoms with E-state index >= 15 is 0 Å². The van der Waals surface area contributed by atoms with Crippen molar-refractivity contribution in [1.82, 2.24) is 0 Å². The fourth-order valence-electron chi connectivity index (χ4n) is 1.69. The van der Waals surface area contributed by atoms with Gasteiger partial charge in [0.05, 0.1) is 23.1 Å². The molecule has 0 bridgehead atoms. The number of carbonyl (C=O) groups is 1. The summed E-state index contributed by atoms with van der Waals surface area (Å²) in [6.45, 7) is 3.60. The molecular weight excluding hydrogens is 301 g/mol. The third-order valence-electron chi connectivity index (χ3n) is 2.91. The second kappa shape index (κ2) is 6.86. The minimum atomic E-state index is -3.86. The van der Waals surface area contributed by atoms with E-state index in [0.717, 1.165) is 18.2 Å². The van der Waals surface area contributed by atoms with E-state index in [4.69, 9.17) is 9.84 Å². The fraction of sp³-hybridized carbons (Fsp3) is 0.462. The van der Waals surface area contributed by atoms with Crippen molar-refractivity contribution in [3.63, 3.8) is 0 Å². The monoisotopic (exact) mass is 319 g/mol. The highest BCUT2D eigenvalue weighted by Crippen LogP contribution is 2.19. The van der Waals surface area contributed by atoms with Crippen LogP contribution in [0.25, 0.3) is 0 Å². The molecule has 0 fully saturated rings. The van der Waals surface area contributed by atoms with E-state index in [1.54, 1.807) is 13.8 Å². The van der Waals surface area contributed by atoms with Crippen LogP contribution in [0.5, 0.6) is 0 Å². The van der Waals surface area contributed by atoms with Crippen molar-refractivity contribution in [3.05, 3.63) is 29.6 Å². The van der Waals surface area contributed by atoms with Crippen LogP contribution < -0.4 is 4.72 Å². The molecule has 0 saturated heterocycles. The topological polar surface area (TPSA) is 92.7 Å². The van der Waals surface area contributed by atoms with E-state index < -0.39 is 33.6 Å². The third kappa shape index (κ3) is 4.98. The Kier molecular flexibility index (Phi) is 5.68. The number of carboxylic acid groups (broad SMARTS) is 1. The maximum atomic E-state index is 13.6. The van der Waals surface area contributed by atoms with Gasteiger partial charge in [-0.15, -0.1) is 0 Å². The van der Waals surface area contributed by atoms with Crippen LogP contribution in [-0.2, 0) is 14.8 Å². The van der Waals surface area contributed by atoms with Crippen LogP contribution in [0.4, 0.5) is 10.1 Å². The maximum absolute atomic E-state index is 13.6. The first-order valence-electron chi connectivity index (χ1n) is 6.22. The maximum Gasteiger partial charge on any atom is 0.335 e. The molecule has 118 valence electrons. The zero-order valence-corrected chi connectivity index (χ0v) is 12.8. The second-order valence-corrected chi connectivity index (χ2v) is 6.67. The Labute approximate surface area is 123 Å². The number of ether oxygens (including phenoxy) is 1. The van der Waals surface area contributed by atoms with Crippen LogP contribution in [-0.4, -0.2) is 38.5 Å². The zero-order chi connectivity index (χ0) is 16.2. The summed E-state index contributed by atoms with van der Waals surface area (Å²) in [4.78, 5) is 10.8. The highest BCUT2D eigenvalue weighted by molar-refractivity contribution is 7.92. The van der Waals surface area contributed by atoms with Crippen molar-refractivity contribution in [2.24, 2.45) is 5.92 Å². The van der Waals surface area contributed by atoms with E-state index in [2.05, 4.69) is 4.72 Å². The average Bonchev–Trinajstić information content (AvgIpc) is 2.37. The smallest absolute Gasteiger partial charge is 0.335 e. The van der Waals surface area contributed by atoms with Gasteiger partial charge >= 0.3 is 5.97 Å². The van der Waals surface area contributed by atoms with Crippen molar-refractivity contribution in [1.29, 1.82) is 0 Å². The Balaban J connectivity index is 2.98. The van der Waals surface area contributed by atoms with Gasteiger partial charge in [-0.2, -0.15) is 0 Å². The highest BCUT2D eigenvalue weighted by Gasteiger charge is 2.23. The van der Waals surface area contributed by atoms with Gasteiger partial charge in [0.1, 0.15) is 5.82 Å². The van der Waals surface area contributed by atoms with Gasteiger partial charge in [0.2, 0.25) is 10.0 Å². The van der Waals surface area contributed by atoms with Crippen molar-refractivity contribution < 1.29 is 27.4 Å². The van der Waals surface area contributed by atoms with Gasteiger partial charge in [0, 0.05) is 7.11 Å². The van der Waals surface area contributed by atoms with Gasteiger partial charge in [0.25, 0.3) is 0 Å². The molecule has 0 spiro atoms. The van der Waals surface area contributed by atoms with Gasteiger partial charge in [-0.3, -0.25) is 4.72 Å². The number of hydrogen-bond donors (Lipinski definition) is 2. The van der Waals surface area contributed by atoms with E-state index in [9.17, 15) is 17.6 Å². The van der Waals surface area contributed by atoms with Crippen LogP contribution in [0.2, 0.25) is 0 Å². The number of methoxy groups -OCH3 is 1. The molecule has 0 heterocycles. The Bertz CT molecular complexity index is 615. The summed E-state index contributed by atoms with van der Waals surface area (Å²) in [6, 6.07) is 2.89. The van der Waals surface area contributed by atoms with Crippen molar-refractivity contribution in [2.45, 2.75) is 20.0 Å². The lowest BCUT2D eigenvalue weighted by Gasteiger charge is -2.19. The quantitative estimate of drug-likeness (QED) is 0.801. The van der Waals surface area contributed by atoms with Crippen LogP contribution in [0.1, 0.15) is 24.2 Å². The van der Waals surface area contributed by atoms with Crippen LogP contribution >= 0.6 is 0 Å². The summed E-state index contributed by atoms with van der Waals surface area (Å²) in [7, 11) is -2.47. The molecule has 8 heteroatoms. The van der Waals surface area contributed by atoms with E-state index in [-0.39, 0.29) is 17.2 Å². The number of aromatic carboxylic acids is 1. The number of carboxylic acids is 1. The first kappa shape index (κ1) is 17.4. The van der Waals surface area contributed by atoms with Gasteiger partial charge in [0.15, 0.2) is 0 Å². The second-order valence-electron chi connectivity index (χ2n) is 4.90. The molecule has 1 aromatic rings. The van der Waals surface area contributed by atoms with Crippen molar-refractivity contribution in [3.8, 4) is 0 Å². The fourth-order valence-corrected chi connectivity index (χ4v) is 3.22. The minimum absolute atomic E-state index is 0.0400. The molecule has 0 aliphatic carbocycles. The van der Waals surface area contributed by atoms with E-state index in [0.29, 0.717) is 0 Å². The first-order chi connectivity index (χ1) is 9.66. The molecule has 21 heavy (non-hydrogen) atoms. The molecular formula is C13H18FNO5S. The Morgan fingerprint density at radius 2 is 2.05 bits per heavy atom. The minimum Gasteiger partial charge on any atom is -0.478 e. The Morgan fingerprint density at radius 3 is 2.52 bits per heavy atom. The van der Waals surface area contributed by atoms with Crippen molar-refractivity contribution in [2.75, 3.05) is 17.6 Å². The summed E-state index contributed by atoms with van der Waals surface area (Å²) < 4.78 is 44.7. The molecule has 1 unspecified atom stereocenters. The normalized spacial score (nSPS) is 13.2. The SMILES string of the molecule is COC(CS(=O)(=O)Nc1cc(C(=O)O)ccc1F)C(C)C. The zero-order valence-electron chi connectivity index (χ0n) is 12.0. The van der Waals surface area contributed by atoms with Crippen molar-refractivity contribution >= 4 is 21.7 Å². The average molecular weight is 319 g/mol. The summed E-state index contributed by atoms with van der Waals surface area (Å²) in [5.41, 5.74) is -0.602. The standard InChI is InChI=1S/C13H18FNO5S/c1-8(2)12(20-3)7-21(18,19)15-11-6-9(13(16)17)4-5-10(11)14/h4-6,8,12,15H,7H2,1-3H3,(H,16,17). The number of nitrogens with one attached hydrogen (secondary N) is 1. The molecule has 0 aliphatic rings. The summed E-state index contributed by atoms with van der Waals surface area (Å²) in [5, 5.41) is 8.84. The number of anilines is 1. The summed E-state index contributed by atoms with van der Waals surface area (Å²) in [5.74, 6) is -2.51. The molecule has 1 rings (SSSR count). The lowest BCUT2D eigenvalue weighted by atomic mass is 10.1. The molecule has 0 radical (unpaired) electrons. The molecule has 1 atom stereocenters. The van der Waals surface area contributed by atoms with E-state index in [1.807, 2.05) is 0 Å². The van der Waals surface area contributed by atoms with Crippen LogP contribution in [0.3, 0.4) is 0 Å². The number of rotatable bonds is 7. The molecule has 0 aliphatic heterocycles. The Morgan fingerprint density at radius 1 is 1.43 bits per heavy atom. The van der Waals surface area contributed by atoms with Crippen LogP contribution in [0, 0.1) is 11.7 Å². The lowest BCUT2D eigenvalue weighted by molar-refractivity contribution is 0.0697. The van der Waals surface area contributed by atoms with Gasteiger partial charge < -0.3 is 9.84 Å². The molecule has 6 nitrogen and oxygen atoms in total. The first-order valence-corrected chi connectivity index (χ1v) is 7.87. The van der Waals surface area contributed by atoms with Gasteiger partial charge in [-0.1, -0.05) is 13.8 Å². The predicted molar refractivity (Wildman–Crippen MR) is 76.4 cm³/mol. The third-order valence-corrected chi connectivity index (χ3v) is 4.21. The summed E-state index contributed by atoms with van der Waals surface area (Å²) >= 11 is 0. The molecule has 0 aromatic heterocycles. The molecule has 1 aromatic carbocycles. The number of halogens is 1. The van der Waals surface area contributed by atoms with Crippen LogP contribution in [0.15, 0.2) is 18.2 Å². The number of benzene rings is 1. The van der Waals surface area contributed by atoms with E-state index in [1.165, 1.54) is 7.11 Å². The molecule has 0 saturated carbocycles. The summed E-state index contributed by atoms with van der Waals surface area (Å²) in [6.07, 6.45) is -0.548. The number of hydrogen-bond acceptors (Lipinski definition) is 4. The molecule has 2 N–H and O–H groups in total. The highest BCUT2D eigenvalue weighted by atomic mass is 32.2. The van der Waals surface area contributed by atoms with Gasteiger partial charge in [-0.25, -0.2) is 17.6 Å². The Hall–Kier alpha value is -1.67. The largest absolute Gasteiger partial charge is 0.478 e. The number of sulfonamides is 1. The molecule has 0 amide bonds. The predicted octanol–water partition coefficient (Wildman–Crippen LogP) is 1.94. The lowest BCUT2D eigenvalue weighted by Crippen LogP contribution is -2.31. The van der Waals surface area contributed by atoms with Gasteiger partial charge in [-0.05, 0) is 24.1 Å².